The minimum atomic E-state index is -0.879. The summed E-state index contributed by atoms with van der Waals surface area (Å²) in [5, 5.41) is 30.4. The number of H-pyrrole nitrogens is 2. The molecule has 4 aliphatic rings. The first-order valence-electron chi connectivity index (χ1n) is 25.2. The molecule has 2 aromatic heterocycles. The van der Waals surface area contributed by atoms with Gasteiger partial charge in [-0.05, 0) is 185 Å². The van der Waals surface area contributed by atoms with E-state index in [2.05, 4.69) is 94.6 Å². The summed E-state index contributed by atoms with van der Waals surface area (Å²) in [6.07, 6.45) is 17.2. The monoisotopic (exact) mass is 959 g/mol. The summed E-state index contributed by atoms with van der Waals surface area (Å²) in [5.41, 5.74) is 13.9. The maximum atomic E-state index is 13.6. The number of carbonyl (C=O) groups is 2. The van der Waals surface area contributed by atoms with Gasteiger partial charge in [-0.1, -0.05) is 63.1 Å². The third kappa shape index (κ3) is 11.9. The molecule has 10 rings (SSSR count). The Morgan fingerprint density at radius 2 is 1.06 bits per heavy atom. The summed E-state index contributed by atoms with van der Waals surface area (Å²) >= 11 is 0. The molecule has 4 heterocycles. The van der Waals surface area contributed by atoms with Crippen LogP contribution in [0.25, 0.3) is 22.8 Å². The maximum Gasteiger partial charge on any atom is 0.335 e. The number of rotatable bonds is 10. The van der Waals surface area contributed by atoms with Crippen molar-refractivity contribution in [1.82, 2.24) is 30.2 Å². The second-order valence-electron chi connectivity index (χ2n) is 19.3. The number of carboxylic acids is 1. The number of likely N-dealkylation sites (tertiary alicyclic amines) is 1. The Balaban J connectivity index is 0.000000170. The zero-order chi connectivity index (χ0) is 48.4. The van der Waals surface area contributed by atoms with Crippen molar-refractivity contribution in [1.29, 1.82) is 10.5 Å². The number of benzene rings is 4. The van der Waals surface area contributed by atoms with Gasteiger partial charge >= 0.3 is 5.97 Å². The number of nitriles is 2. The Kier molecular flexibility index (Phi) is 17.5. The van der Waals surface area contributed by atoms with E-state index in [1.165, 1.54) is 73.6 Å². The molecule has 70 heavy (non-hydrogen) atoms. The van der Waals surface area contributed by atoms with Crippen LogP contribution in [-0.2, 0) is 12.8 Å². The van der Waals surface area contributed by atoms with E-state index >= 15 is 0 Å². The first kappa shape index (κ1) is 51.3. The van der Waals surface area contributed by atoms with Gasteiger partial charge in [0, 0.05) is 53.6 Å². The van der Waals surface area contributed by atoms with Gasteiger partial charge in [-0.25, -0.2) is 14.8 Å². The van der Waals surface area contributed by atoms with Crippen molar-refractivity contribution in [3.8, 4) is 34.9 Å². The Labute approximate surface area is 419 Å². The predicted octanol–water partition coefficient (Wildman–Crippen LogP) is 12.5. The first-order valence-corrected chi connectivity index (χ1v) is 25.2. The predicted molar refractivity (Wildman–Crippen MR) is 279 cm³/mol. The molecule has 0 spiro atoms. The van der Waals surface area contributed by atoms with Crippen molar-refractivity contribution in [3.05, 3.63) is 152 Å². The topological polar surface area (TPSA) is 175 Å². The number of aromatic carboxylic acids is 1. The molecular weight excluding hydrogens is 892 g/mol. The molecule has 4 N–H and O–H groups in total. The van der Waals surface area contributed by atoms with E-state index < -0.39 is 5.97 Å². The van der Waals surface area contributed by atoms with Crippen LogP contribution in [0.2, 0.25) is 0 Å². The lowest BCUT2D eigenvalue weighted by Crippen LogP contribution is -2.38. The van der Waals surface area contributed by atoms with Crippen molar-refractivity contribution in [2.45, 2.75) is 128 Å². The minimum Gasteiger partial charge on any atom is -0.478 e. The second-order valence-corrected chi connectivity index (χ2v) is 19.3. The van der Waals surface area contributed by atoms with Gasteiger partial charge in [0.15, 0.2) is 0 Å². The number of aromatic amines is 2. The zero-order valence-electron chi connectivity index (χ0n) is 41.1. The molecule has 6 aromatic rings. The van der Waals surface area contributed by atoms with Gasteiger partial charge < -0.3 is 25.3 Å². The fourth-order valence-corrected chi connectivity index (χ4v) is 10.2. The molecule has 2 aliphatic heterocycles. The Bertz CT molecular complexity index is 2810. The average Bonchev–Trinajstić information content (AvgIpc) is 4.04. The highest BCUT2D eigenvalue weighted by Gasteiger charge is 2.30. The standard InChI is InChI=1S/C29H32N4O.C17H20N2O2.C12H14N2.ClH/c1-3-24-18-31-28(32-24)27-16-25(19(2)15-26(27)23-5-4-6-23)29(34)33-13-11-22(12-14-33)21-9-7-20(17-30)8-10-21;1-3-12-9-18-16(19-12)15-8-13(17(20)21)10(2)7-14(15)11-5-4-6-11;13-9-10-1-3-11(4-2-10)12-5-7-14-8-6-12;/h7-10,15-16,18,22-23H,3-6,11-14H2,1-2H3,(H,31,32);7-9,11H,3-6H2,1-2H3,(H,18,19)(H,20,21);1-4,12,14H,5-8H2;1H. The van der Waals surface area contributed by atoms with Crippen LogP contribution in [-0.4, -0.2) is 68.0 Å². The molecule has 0 radical (unpaired) electrons. The van der Waals surface area contributed by atoms with E-state index in [-0.39, 0.29) is 18.3 Å². The second kappa shape index (κ2) is 23.9. The summed E-state index contributed by atoms with van der Waals surface area (Å²) < 4.78 is 0. The van der Waals surface area contributed by atoms with Crippen molar-refractivity contribution >= 4 is 24.3 Å². The smallest absolute Gasteiger partial charge is 0.335 e. The summed E-state index contributed by atoms with van der Waals surface area (Å²) in [6, 6.07) is 28.4. The molecule has 4 fully saturated rings. The Morgan fingerprint density at radius 3 is 1.44 bits per heavy atom. The molecule has 4 aromatic carbocycles. The molecule has 11 nitrogen and oxygen atoms in total. The number of aromatic nitrogens is 4. The van der Waals surface area contributed by atoms with E-state index in [9.17, 15) is 14.7 Å². The number of amides is 1. The number of halogens is 1. The van der Waals surface area contributed by atoms with Gasteiger partial charge in [0.1, 0.15) is 11.6 Å². The fraction of sp³-hybridized carbons (Fsp3) is 0.414. The third-order valence-electron chi connectivity index (χ3n) is 15.0. The molecule has 2 saturated heterocycles. The molecule has 364 valence electrons. The van der Waals surface area contributed by atoms with Gasteiger partial charge in [0.2, 0.25) is 0 Å². The van der Waals surface area contributed by atoms with Crippen molar-refractivity contribution in [2.24, 2.45) is 0 Å². The van der Waals surface area contributed by atoms with E-state index in [4.69, 9.17) is 10.5 Å². The number of carbonyl (C=O) groups excluding carboxylic acids is 1. The highest BCUT2D eigenvalue weighted by atomic mass is 35.5. The van der Waals surface area contributed by atoms with Crippen LogP contribution in [0.15, 0.2) is 85.2 Å². The Morgan fingerprint density at radius 1 is 0.629 bits per heavy atom. The molecule has 0 unspecified atom stereocenters. The molecule has 1 amide bonds. The third-order valence-corrected chi connectivity index (χ3v) is 15.0. The molecular formula is C58H67ClN8O3. The maximum absolute atomic E-state index is 13.6. The van der Waals surface area contributed by atoms with Crippen molar-refractivity contribution in [3.63, 3.8) is 0 Å². The van der Waals surface area contributed by atoms with E-state index in [0.717, 1.165) is 108 Å². The van der Waals surface area contributed by atoms with Crippen LogP contribution in [0, 0.1) is 36.5 Å². The number of imidazole rings is 2. The summed E-state index contributed by atoms with van der Waals surface area (Å²) in [7, 11) is 0. The van der Waals surface area contributed by atoms with Gasteiger partial charge in [0.25, 0.3) is 5.91 Å². The number of hydrogen-bond acceptors (Lipinski definition) is 7. The lowest BCUT2D eigenvalue weighted by atomic mass is 9.77. The lowest BCUT2D eigenvalue weighted by molar-refractivity contribution is 0.0692. The number of nitrogens with zero attached hydrogens (tertiary/aromatic N) is 5. The van der Waals surface area contributed by atoms with E-state index in [0.29, 0.717) is 34.8 Å². The summed E-state index contributed by atoms with van der Waals surface area (Å²) in [4.78, 5) is 42.9. The zero-order valence-corrected chi connectivity index (χ0v) is 41.9. The van der Waals surface area contributed by atoms with Crippen LogP contribution < -0.4 is 5.32 Å². The summed E-state index contributed by atoms with van der Waals surface area (Å²) in [5.74, 6) is 3.14. The molecule has 0 bridgehead atoms. The van der Waals surface area contributed by atoms with Gasteiger partial charge in [-0.2, -0.15) is 10.5 Å². The minimum absolute atomic E-state index is 0. The van der Waals surface area contributed by atoms with Crippen molar-refractivity contribution in [2.75, 3.05) is 26.2 Å². The number of piperidine rings is 2. The van der Waals surface area contributed by atoms with Gasteiger partial charge in [0.05, 0.1) is 28.8 Å². The van der Waals surface area contributed by atoms with Crippen LogP contribution in [0.4, 0.5) is 0 Å². The van der Waals surface area contributed by atoms with E-state index in [1.807, 2.05) is 54.5 Å². The van der Waals surface area contributed by atoms with E-state index in [1.54, 1.807) is 6.07 Å². The highest BCUT2D eigenvalue weighted by Crippen LogP contribution is 2.43. The molecule has 2 aliphatic carbocycles. The Hall–Kier alpha value is -6.53. The first-order chi connectivity index (χ1) is 33.6. The quantitative estimate of drug-likeness (QED) is 0.105. The van der Waals surface area contributed by atoms with Crippen LogP contribution in [0.3, 0.4) is 0 Å². The summed E-state index contributed by atoms with van der Waals surface area (Å²) in [6.45, 7) is 11.9. The number of aryl methyl sites for hydroxylation is 4. The van der Waals surface area contributed by atoms with Crippen LogP contribution in [0.1, 0.15) is 178 Å². The SMILES string of the molecule is CCc1cnc(-c2cc(C(=O)N3CCC(c4ccc(C#N)cc4)CC3)c(C)cc2C2CCC2)[nH]1.CCc1cnc(-c2cc(C(=O)O)c(C)cc2C2CCC2)[nH]1.Cl.N#Cc1ccc(C2CCNCC2)cc1. The van der Waals surface area contributed by atoms with Gasteiger partial charge in [-0.15, -0.1) is 12.4 Å². The number of carboxylic acid groups (broad SMARTS) is 1. The van der Waals surface area contributed by atoms with Crippen LogP contribution >= 0.6 is 12.4 Å². The van der Waals surface area contributed by atoms with Crippen LogP contribution in [0.5, 0.6) is 0 Å². The molecule has 2 saturated carbocycles. The van der Waals surface area contributed by atoms with Gasteiger partial charge in [-0.3, -0.25) is 4.79 Å². The molecule has 0 atom stereocenters. The average molecular weight is 960 g/mol. The number of nitrogens with one attached hydrogen (secondary N) is 3. The highest BCUT2D eigenvalue weighted by molar-refractivity contribution is 5.97. The lowest BCUT2D eigenvalue weighted by Gasteiger charge is -2.33. The largest absolute Gasteiger partial charge is 0.478 e. The fourth-order valence-electron chi connectivity index (χ4n) is 10.2. The molecule has 12 heteroatoms. The number of hydrogen-bond donors (Lipinski definition) is 4. The normalized spacial score (nSPS) is 16.2. The van der Waals surface area contributed by atoms with Crippen molar-refractivity contribution < 1.29 is 14.7 Å².